The number of aryl methyl sites for hydroxylation is 2. The third-order valence-electron chi connectivity index (χ3n) is 6.07. The smallest absolute Gasteiger partial charge is 0.329 e. The fourth-order valence-electron chi connectivity index (χ4n) is 4.09. The molecule has 0 atom stereocenters. The van der Waals surface area contributed by atoms with Crippen molar-refractivity contribution in [3.63, 3.8) is 0 Å². The highest BCUT2D eigenvalue weighted by Gasteiger charge is 2.23. The average molecular weight is 467 g/mol. The lowest BCUT2D eigenvalue weighted by Crippen LogP contribution is -2.38. The van der Waals surface area contributed by atoms with Gasteiger partial charge >= 0.3 is 11.7 Å². The van der Waals surface area contributed by atoms with Gasteiger partial charge in [0.1, 0.15) is 5.75 Å². The molecule has 2 N–H and O–H groups in total. The Hall–Kier alpha value is -3.55. The number of fused-ring (bicyclic) bond motifs is 1. The number of hydrogen-bond acceptors (Lipinski definition) is 4. The van der Waals surface area contributed by atoms with E-state index in [1.165, 1.54) is 7.05 Å². The van der Waals surface area contributed by atoms with Crippen molar-refractivity contribution in [2.75, 3.05) is 13.7 Å². The Bertz CT molecular complexity index is 1240. The van der Waals surface area contributed by atoms with Crippen molar-refractivity contribution in [1.29, 1.82) is 0 Å². The predicted octanol–water partition coefficient (Wildman–Crippen LogP) is 3.62. The van der Waals surface area contributed by atoms with Gasteiger partial charge < -0.3 is 10.5 Å². The van der Waals surface area contributed by atoms with Crippen molar-refractivity contribution in [3.05, 3.63) is 63.6 Å². The molecule has 3 rings (SSSR count). The van der Waals surface area contributed by atoms with E-state index < -0.39 is 11.9 Å². The van der Waals surface area contributed by atoms with Crippen LogP contribution in [0.2, 0.25) is 0 Å². The van der Waals surface area contributed by atoms with Gasteiger partial charge in [-0.1, -0.05) is 32.0 Å². The number of aromatic nitrogens is 2. The molecule has 0 fully saturated rings. The van der Waals surface area contributed by atoms with Crippen molar-refractivity contribution in [3.8, 4) is 5.75 Å². The second-order valence-corrected chi connectivity index (χ2v) is 9.09. The Labute approximate surface area is 199 Å². The maximum Gasteiger partial charge on any atom is 0.329 e. The summed E-state index contributed by atoms with van der Waals surface area (Å²) in [7, 11) is 1.37. The molecule has 3 aromatic rings. The summed E-state index contributed by atoms with van der Waals surface area (Å²) in [6.45, 7) is 9.51. The number of carbonyl (C=O) groups is 2. The van der Waals surface area contributed by atoms with E-state index in [9.17, 15) is 14.4 Å². The number of amides is 3. The van der Waals surface area contributed by atoms with Gasteiger partial charge in [-0.3, -0.25) is 18.8 Å². The van der Waals surface area contributed by atoms with Gasteiger partial charge in [-0.05, 0) is 61.1 Å². The fraction of sp³-hybridized carbons (Fsp3) is 0.423. The van der Waals surface area contributed by atoms with E-state index in [1.807, 2.05) is 50.2 Å². The van der Waals surface area contributed by atoms with E-state index in [0.29, 0.717) is 26.1 Å². The molecule has 8 nitrogen and oxygen atoms in total. The number of nitrogens with two attached hydrogens (primary N) is 1. The van der Waals surface area contributed by atoms with E-state index >= 15 is 0 Å². The van der Waals surface area contributed by atoms with E-state index in [1.54, 1.807) is 9.13 Å². The van der Waals surface area contributed by atoms with Crippen LogP contribution >= 0.6 is 0 Å². The monoisotopic (exact) mass is 466 g/mol. The third-order valence-corrected chi connectivity index (χ3v) is 6.07. The Morgan fingerprint density at radius 2 is 1.79 bits per heavy atom. The molecule has 0 spiro atoms. The van der Waals surface area contributed by atoms with Crippen LogP contribution in [0.3, 0.4) is 0 Å². The SMILES string of the molecule is Cc1cc2c(c(CC(=O)N(C)C(N)=O)c1C)n(CCCOc1ccccc1)c(=O)n2CC(C)C. The molecule has 0 saturated heterocycles. The number of imidazole rings is 1. The van der Waals surface area contributed by atoms with Crippen molar-refractivity contribution >= 4 is 23.0 Å². The van der Waals surface area contributed by atoms with Crippen LogP contribution in [0.15, 0.2) is 41.2 Å². The van der Waals surface area contributed by atoms with Crippen molar-refractivity contribution < 1.29 is 14.3 Å². The van der Waals surface area contributed by atoms with Gasteiger partial charge in [-0.15, -0.1) is 0 Å². The van der Waals surface area contributed by atoms with Crippen LogP contribution in [-0.2, 0) is 24.3 Å². The first kappa shape index (κ1) is 25.1. The van der Waals surface area contributed by atoms with E-state index in [0.717, 1.165) is 38.4 Å². The fourth-order valence-corrected chi connectivity index (χ4v) is 4.09. The van der Waals surface area contributed by atoms with Crippen molar-refractivity contribution in [2.24, 2.45) is 11.7 Å². The number of para-hydroxylation sites is 1. The Morgan fingerprint density at radius 3 is 2.41 bits per heavy atom. The number of imide groups is 1. The normalized spacial score (nSPS) is 11.2. The van der Waals surface area contributed by atoms with Gasteiger partial charge in [0.15, 0.2) is 0 Å². The molecule has 1 aromatic heterocycles. The number of carbonyl (C=O) groups excluding carboxylic acids is 2. The lowest BCUT2D eigenvalue weighted by atomic mass is 9.98. The molecule has 34 heavy (non-hydrogen) atoms. The third kappa shape index (κ3) is 5.32. The number of nitrogens with zero attached hydrogens (tertiary/aromatic N) is 3. The van der Waals surface area contributed by atoms with Gasteiger partial charge in [0, 0.05) is 20.1 Å². The lowest BCUT2D eigenvalue weighted by molar-refractivity contribution is -0.126. The molecule has 8 heteroatoms. The average Bonchev–Trinajstić information content (AvgIpc) is 3.04. The van der Waals surface area contributed by atoms with Crippen LogP contribution < -0.4 is 16.2 Å². The molecular formula is C26H34N4O4. The topological polar surface area (TPSA) is 99.6 Å². The molecule has 0 aliphatic carbocycles. The minimum Gasteiger partial charge on any atom is -0.494 e. The summed E-state index contributed by atoms with van der Waals surface area (Å²) >= 11 is 0. The zero-order valence-corrected chi connectivity index (χ0v) is 20.6. The minimum absolute atomic E-state index is 0.0187. The molecule has 3 amide bonds. The number of rotatable bonds is 9. The van der Waals surface area contributed by atoms with Gasteiger partial charge in [0.25, 0.3) is 0 Å². The Kier molecular flexibility index (Phi) is 7.81. The number of ether oxygens (including phenoxy) is 1. The van der Waals surface area contributed by atoms with E-state index in [-0.39, 0.29) is 18.0 Å². The van der Waals surface area contributed by atoms with Gasteiger partial charge in [-0.25, -0.2) is 9.59 Å². The van der Waals surface area contributed by atoms with Crippen LogP contribution in [-0.4, -0.2) is 39.6 Å². The van der Waals surface area contributed by atoms with Crippen LogP contribution in [0.5, 0.6) is 5.75 Å². The molecule has 2 aromatic carbocycles. The highest BCUT2D eigenvalue weighted by atomic mass is 16.5. The van der Waals surface area contributed by atoms with Gasteiger partial charge in [0.2, 0.25) is 5.91 Å². The number of benzene rings is 2. The minimum atomic E-state index is -0.806. The molecular weight excluding hydrogens is 432 g/mol. The maximum atomic E-state index is 13.5. The number of hydrogen-bond donors (Lipinski definition) is 1. The van der Waals surface area contributed by atoms with Crippen molar-refractivity contribution in [1.82, 2.24) is 14.0 Å². The molecule has 0 radical (unpaired) electrons. The van der Waals surface area contributed by atoms with Gasteiger partial charge in [-0.2, -0.15) is 0 Å². The molecule has 0 aliphatic rings. The number of primary amides is 1. The lowest BCUT2D eigenvalue weighted by Gasteiger charge is -2.17. The number of likely N-dealkylation sites (N-methyl/N-ethyl adjacent to an activating group) is 1. The Balaban J connectivity index is 2.03. The van der Waals surface area contributed by atoms with Crippen LogP contribution in [0.1, 0.15) is 37.0 Å². The summed E-state index contributed by atoms with van der Waals surface area (Å²) in [5.41, 5.74) is 9.39. The predicted molar refractivity (Wildman–Crippen MR) is 133 cm³/mol. The summed E-state index contributed by atoms with van der Waals surface area (Å²) in [5, 5.41) is 0. The second kappa shape index (κ2) is 10.6. The zero-order chi connectivity index (χ0) is 25.0. The zero-order valence-electron chi connectivity index (χ0n) is 20.6. The maximum absolute atomic E-state index is 13.5. The van der Waals surface area contributed by atoms with Gasteiger partial charge in [0.05, 0.1) is 24.1 Å². The summed E-state index contributed by atoms with van der Waals surface area (Å²) in [4.78, 5) is 38.7. The molecule has 0 saturated carbocycles. The summed E-state index contributed by atoms with van der Waals surface area (Å²) in [6.07, 6.45) is 0.603. The van der Waals surface area contributed by atoms with Crippen molar-refractivity contribution in [2.45, 2.75) is 53.6 Å². The van der Waals surface area contributed by atoms with E-state index in [4.69, 9.17) is 10.5 Å². The van der Waals surface area contributed by atoms with Crippen LogP contribution in [0.4, 0.5) is 4.79 Å². The molecule has 1 heterocycles. The van der Waals surface area contributed by atoms with Crippen LogP contribution in [0, 0.1) is 19.8 Å². The summed E-state index contributed by atoms with van der Waals surface area (Å²) < 4.78 is 9.34. The largest absolute Gasteiger partial charge is 0.494 e. The highest BCUT2D eigenvalue weighted by Crippen LogP contribution is 2.27. The second-order valence-electron chi connectivity index (χ2n) is 9.09. The first-order valence-corrected chi connectivity index (χ1v) is 11.6. The Morgan fingerprint density at radius 1 is 1.12 bits per heavy atom. The molecule has 0 aliphatic heterocycles. The molecule has 0 unspecified atom stereocenters. The van der Waals surface area contributed by atoms with E-state index in [2.05, 4.69) is 13.8 Å². The van der Waals surface area contributed by atoms with Crippen LogP contribution in [0.25, 0.3) is 11.0 Å². The molecule has 0 bridgehead atoms. The standard InChI is InChI=1S/C26H34N4O4/c1-17(2)16-30-22-14-18(3)19(4)21(15-23(31)28(5)25(27)32)24(22)29(26(30)33)12-9-13-34-20-10-7-6-8-11-20/h6-8,10-11,14,17H,9,12-13,15-16H2,1-5H3,(H2,27,32). The first-order valence-electron chi connectivity index (χ1n) is 11.6. The summed E-state index contributed by atoms with van der Waals surface area (Å²) in [5.74, 6) is 0.640. The quantitative estimate of drug-likeness (QED) is 0.487. The summed E-state index contributed by atoms with van der Waals surface area (Å²) in [6, 6.07) is 10.8. The first-order chi connectivity index (χ1) is 16.1. The molecule has 182 valence electrons. The number of urea groups is 1. The highest BCUT2D eigenvalue weighted by molar-refractivity contribution is 5.96.